The summed E-state index contributed by atoms with van der Waals surface area (Å²) in [6.45, 7) is 5.05. The molecule has 0 aromatic heterocycles. The van der Waals surface area contributed by atoms with Crippen molar-refractivity contribution in [2.24, 2.45) is 11.8 Å². The van der Waals surface area contributed by atoms with Crippen LogP contribution in [0.3, 0.4) is 0 Å². The van der Waals surface area contributed by atoms with Gasteiger partial charge in [0.15, 0.2) is 0 Å². The Bertz CT molecular complexity index is 159. The minimum atomic E-state index is 0. The second-order valence-corrected chi connectivity index (χ2v) is 5.67. The maximum Gasteiger partial charge on any atom is -0.00463 e. The average molecular weight is 297 g/mol. The number of halogens is 2. The zero-order valence-corrected chi connectivity index (χ0v) is 13.1. The minimum absolute atomic E-state index is 0. The number of rotatable bonds is 5. The van der Waals surface area contributed by atoms with Gasteiger partial charge in [-0.2, -0.15) is 0 Å². The lowest BCUT2D eigenvalue weighted by molar-refractivity contribution is 0.316. The van der Waals surface area contributed by atoms with E-state index in [2.05, 4.69) is 10.6 Å². The van der Waals surface area contributed by atoms with E-state index < -0.39 is 0 Å². The van der Waals surface area contributed by atoms with Crippen LogP contribution in [0.15, 0.2) is 0 Å². The smallest absolute Gasteiger partial charge is 0.00463 e. The van der Waals surface area contributed by atoms with Gasteiger partial charge in [0.1, 0.15) is 0 Å². The molecule has 2 saturated heterocycles. The molecule has 2 aliphatic heterocycles. The monoisotopic (exact) mass is 296 g/mol. The number of hydrogen-bond donors (Lipinski definition) is 2. The van der Waals surface area contributed by atoms with Crippen molar-refractivity contribution in [2.75, 3.05) is 26.2 Å². The van der Waals surface area contributed by atoms with Crippen LogP contribution in [0.25, 0.3) is 0 Å². The summed E-state index contributed by atoms with van der Waals surface area (Å²) in [5.41, 5.74) is 0. The van der Waals surface area contributed by atoms with E-state index in [9.17, 15) is 0 Å². The number of hydrogen-bond acceptors (Lipinski definition) is 2. The molecule has 0 saturated carbocycles. The second-order valence-electron chi connectivity index (χ2n) is 5.67. The Morgan fingerprint density at radius 2 is 0.944 bits per heavy atom. The molecule has 18 heavy (non-hydrogen) atoms. The molecule has 2 heterocycles. The van der Waals surface area contributed by atoms with E-state index in [1.54, 1.807) is 0 Å². The summed E-state index contributed by atoms with van der Waals surface area (Å²) >= 11 is 0. The topological polar surface area (TPSA) is 24.1 Å². The van der Waals surface area contributed by atoms with Gasteiger partial charge in [-0.05, 0) is 63.7 Å². The van der Waals surface area contributed by atoms with Crippen LogP contribution in [0.4, 0.5) is 0 Å². The van der Waals surface area contributed by atoms with E-state index in [1.807, 2.05) is 0 Å². The lowest BCUT2D eigenvalue weighted by atomic mass is 9.89. The van der Waals surface area contributed by atoms with E-state index in [4.69, 9.17) is 0 Å². The van der Waals surface area contributed by atoms with E-state index in [-0.39, 0.29) is 24.8 Å². The van der Waals surface area contributed by atoms with E-state index in [0.29, 0.717) is 0 Å². The van der Waals surface area contributed by atoms with Gasteiger partial charge in [0.05, 0.1) is 0 Å². The first kappa shape index (κ1) is 18.5. The van der Waals surface area contributed by atoms with Gasteiger partial charge in [-0.1, -0.05) is 25.7 Å². The molecule has 0 aromatic carbocycles. The first-order valence-corrected chi connectivity index (χ1v) is 7.36. The molecule has 0 radical (unpaired) electrons. The highest BCUT2D eigenvalue weighted by Gasteiger charge is 2.14. The Hall–Kier alpha value is 0.500. The molecule has 110 valence electrons. The lowest BCUT2D eigenvalue weighted by Gasteiger charge is -2.24. The van der Waals surface area contributed by atoms with Gasteiger partial charge >= 0.3 is 0 Å². The predicted octanol–water partition coefficient (Wildman–Crippen LogP) is 3.39. The molecule has 0 unspecified atom stereocenters. The number of piperidine rings is 2. The number of unbranched alkanes of at least 4 members (excludes halogenated alkanes) is 1. The molecule has 4 heteroatoms. The van der Waals surface area contributed by atoms with Gasteiger partial charge in [0.2, 0.25) is 0 Å². The fourth-order valence-electron chi connectivity index (χ4n) is 3.21. The molecular formula is C14H30Cl2N2. The highest BCUT2D eigenvalue weighted by molar-refractivity contribution is 5.85. The van der Waals surface area contributed by atoms with Crippen LogP contribution in [0, 0.1) is 11.8 Å². The van der Waals surface area contributed by atoms with Crippen molar-refractivity contribution in [3.8, 4) is 0 Å². The van der Waals surface area contributed by atoms with Crippen LogP contribution in [-0.4, -0.2) is 26.2 Å². The minimum Gasteiger partial charge on any atom is -0.317 e. The highest BCUT2D eigenvalue weighted by Crippen LogP contribution is 2.23. The quantitative estimate of drug-likeness (QED) is 0.760. The Morgan fingerprint density at radius 1 is 0.611 bits per heavy atom. The maximum atomic E-state index is 3.45. The third-order valence-corrected chi connectivity index (χ3v) is 4.39. The van der Waals surface area contributed by atoms with Crippen LogP contribution in [-0.2, 0) is 0 Å². The van der Waals surface area contributed by atoms with Crippen LogP contribution in [0.5, 0.6) is 0 Å². The van der Waals surface area contributed by atoms with Gasteiger partial charge < -0.3 is 10.6 Å². The van der Waals surface area contributed by atoms with Crippen LogP contribution in [0.1, 0.15) is 51.4 Å². The fraction of sp³-hybridized carbons (Fsp3) is 1.00. The van der Waals surface area contributed by atoms with Gasteiger partial charge in [-0.15, -0.1) is 24.8 Å². The molecule has 0 amide bonds. The second kappa shape index (κ2) is 11.3. The van der Waals surface area contributed by atoms with Crippen LogP contribution < -0.4 is 10.6 Å². The van der Waals surface area contributed by atoms with Crippen molar-refractivity contribution < 1.29 is 0 Å². The molecule has 2 aliphatic rings. The molecule has 0 atom stereocenters. The summed E-state index contributed by atoms with van der Waals surface area (Å²) in [6.07, 6.45) is 11.6. The molecule has 0 aliphatic carbocycles. The summed E-state index contributed by atoms with van der Waals surface area (Å²) in [5.74, 6) is 2.07. The van der Waals surface area contributed by atoms with Gasteiger partial charge in [-0.25, -0.2) is 0 Å². The largest absolute Gasteiger partial charge is 0.317 e. The molecule has 0 spiro atoms. The standard InChI is InChI=1S/C14H28N2.2ClH/c1(3-13-5-9-15-10-6-13)2-4-14-7-11-16-12-8-14;;/h13-16H,1-12H2;2*1H. The third kappa shape index (κ3) is 7.18. The van der Waals surface area contributed by atoms with Crippen molar-refractivity contribution in [1.29, 1.82) is 0 Å². The Kier molecular flexibility index (Phi) is 11.7. The van der Waals surface area contributed by atoms with Crippen LogP contribution in [0.2, 0.25) is 0 Å². The van der Waals surface area contributed by atoms with Crippen molar-refractivity contribution in [3.63, 3.8) is 0 Å². The Balaban J connectivity index is 0.00000144. The fourth-order valence-corrected chi connectivity index (χ4v) is 3.21. The molecule has 0 aromatic rings. The van der Waals surface area contributed by atoms with E-state index >= 15 is 0 Å². The predicted molar refractivity (Wildman–Crippen MR) is 84.2 cm³/mol. The van der Waals surface area contributed by atoms with Gasteiger partial charge in [-0.3, -0.25) is 0 Å². The summed E-state index contributed by atoms with van der Waals surface area (Å²) in [4.78, 5) is 0. The van der Waals surface area contributed by atoms with Crippen molar-refractivity contribution >= 4 is 24.8 Å². The summed E-state index contributed by atoms with van der Waals surface area (Å²) in [6, 6.07) is 0. The van der Waals surface area contributed by atoms with E-state index in [1.165, 1.54) is 77.5 Å². The summed E-state index contributed by atoms with van der Waals surface area (Å²) in [7, 11) is 0. The van der Waals surface area contributed by atoms with E-state index in [0.717, 1.165) is 11.8 Å². The Morgan fingerprint density at radius 3 is 1.28 bits per heavy atom. The summed E-state index contributed by atoms with van der Waals surface area (Å²) < 4.78 is 0. The SMILES string of the molecule is C(CCC1CCNCC1)CC1CCNCC1.Cl.Cl. The van der Waals surface area contributed by atoms with Crippen molar-refractivity contribution in [1.82, 2.24) is 10.6 Å². The molecule has 2 fully saturated rings. The lowest BCUT2D eigenvalue weighted by Crippen LogP contribution is -2.28. The zero-order valence-electron chi connectivity index (χ0n) is 11.5. The van der Waals surface area contributed by atoms with Gasteiger partial charge in [0, 0.05) is 0 Å². The maximum absolute atomic E-state index is 3.45. The third-order valence-electron chi connectivity index (χ3n) is 4.39. The molecule has 0 bridgehead atoms. The van der Waals surface area contributed by atoms with Gasteiger partial charge in [0.25, 0.3) is 0 Å². The molecule has 2 rings (SSSR count). The first-order valence-electron chi connectivity index (χ1n) is 7.36. The Labute approximate surface area is 125 Å². The first-order chi connectivity index (χ1) is 7.95. The molecule has 2 N–H and O–H groups in total. The number of nitrogens with one attached hydrogen (secondary N) is 2. The van der Waals surface area contributed by atoms with Crippen molar-refractivity contribution in [3.05, 3.63) is 0 Å². The average Bonchev–Trinajstić information content (AvgIpc) is 2.37. The van der Waals surface area contributed by atoms with Crippen molar-refractivity contribution in [2.45, 2.75) is 51.4 Å². The molecule has 2 nitrogen and oxygen atoms in total. The normalized spacial score (nSPS) is 22.0. The summed E-state index contributed by atoms with van der Waals surface area (Å²) in [5, 5.41) is 6.90. The zero-order chi connectivity index (χ0) is 11.1. The van der Waals surface area contributed by atoms with Crippen LogP contribution >= 0.6 is 24.8 Å². The highest BCUT2D eigenvalue weighted by atomic mass is 35.5. The molecular weight excluding hydrogens is 267 g/mol.